The van der Waals surface area contributed by atoms with Gasteiger partial charge in [-0.05, 0) is 38.2 Å². The summed E-state index contributed by atoms with van der Waals surface area (Å²) >= 11 is 0. The molecule has 3 aliphatic rings. The zero-order chi connectivity index (χ0) is 66.3. The largest absolute Gasteiger partial charge is 0.481 e. The molecule has 0 saturated carbocycles. The Morgan fingerprint density at radius 2 is 1.12 bits per heavy atom. The molecule has 2 unspecified atom stereocenters. The molecular formula is C54H88CuN13O23P2+. The number of aliphatic hydroxyl groups is 4. The number of carbonyl (C=O) groups excluding carboxylic acids is 4. The van der Waals surface area contributed by atoms with Gasteiger partial charge in [0.25, 0.3) is 12.1 Å². The van der Waals surface area contributed by atoms with Gasteiger partial charge in [-0.2, -0.15) is 8.88 Å². The molecule has 6 heterocycles. The van der Waals surface area contributed by atoms with Gasteiger partial charge in [-0.15, -0.1) is 0 Å². The number of carbonyl (C=O) groups is 7. The first-order chi connectivity index (χ1) is 43.3. The molecule has 1 radical (unpaired) electrons. The summed E-state index contributed by atoms with van der Waals surface area (Å²) < 4.78 is 53.2. The molecule has 36 nitrogen and oxygen atoms in total. The number of primary amides is 1. The number of pyridine rings is 1. The molecule has 0 bridgehead atoms. The number of phosphoric acid groups is 2. The molecule has 39 heteroatoms. The SMILES string of the molecule is C.NC(=O)c1ccc[n+]([C@@H]2O[C@H](COP(=O)(O)OP(=O)(O)OC[C@H]3O[C@@H](n4cnc5c(NCCCNC(=O)CCCCCCC(=O)CCCCCNC(=O)CN6CCN(CC(=O)O)CCN(CC(=O)O)CCN(CC(=O)O)CC6)ncnc54)[C@H](O)[C@@H]3O)[C@@H](O)[C@H]2O)c1.[Cu]. The number of amides is 3. The van der Waals surface area contributed by atoms with E-state index >= 15 is 0 Å². The first-order valence-electron chi connectivity index (χ1n) is 29.8. The normalized spacial score (nSPS) is 23.2. The Bertz CT molecular complexity index is 2990. The zero-order valence-corrected chi connectivity index (χ0v) is 53.2. The van der Waals surface area contributed by atoms with Crippen molar-refractivity contribution in [1.82, 2.24) is 49.8 Å². The number of hydrogen-bond donors (Lipinski definition) is 13. The standard InChI is InChI=1S/C53H83N13O23P2.CH4.Cu/c54-49(80)35-10-8-17-65(26-35)52-47(78)45(76)37(87-52)31-85-90(81,82)89-91(83,84)86-32-38-46(77)48(79)53(88-38)66-34-60-44-50(58-33-59-51(44)66)57-16-9-15-55-39(68)13-6-2-1-4-11-36(67)12-5-3-7-14-56-40(69)27-61-18-20-62(28-41(70)71)22-24-64(30-43(74)75)25-23-63(21-19-61)29-42(72)73;;/h8,10,17,26,33-34,37-38,45-48,52-53,76-79H,1-7,9,11-16,18-25,27-32H2,(H9-,54,55,56,57,58,59,68,69,70,71,72,73,74,75,80,81,82,83,84);1H4;/p+1/t37-,38-,45-,46-,47-,48-,52-,53-;;/m1../s1. The molecule has 0 aliphatic carbocycles. The number of anilines is 1. The zero-order valence-electron chi connectivity index (χ0n) is 50.4. The van der Waals surface area contributed by atoms with Gasteiger partial charge in [-0.3, -0.25) is 66.8 Å². The number of nitrogens with one attached hydrogen (secondary N) is 3. The van der Waals surface area contributed by atoms with E-state index in [1.807, 2.05) is 4.90 Å². The van der Waals surface area contributed by atoms with E-state index in [2.05, 4.69) is 35.2 Å². The van der Waals surface area contributed by atoms with Crippen LogP contribution in [-0.4, -0.2) is 274 Å². The van der Waals surface area contributed by atoms with Gasteiger partial charge in [0.15, 0.2) is 41.7 Å². The summed E-state index contributed by atoms with van der Waals surface area (Å²) in [4.78, 5) is 124. The number of phosphoric ester groups is 2. The first-order valence-corrected chi connectivity index (χ1v) is 32.8. The molecule has 3 aliphatic heterocycles. The van der Waals surface area contributed by atoms with Crippen LogP contribution in [0.5, 0.6) is 0 Å². The van der Waals surface area contributed by atoms with Gasteiger partial charge in [0.05, 0.1) is 45.7 Å². The van der Waals surface area contributed by atoms with E-state index in [9.17, 15) is 88.2 Å². The third-order valence-corrected chi connectivity index (χ3v) is 17.7. The minimum atomic E-state index is -5.48. The number of Topliss-reactive ketones (excluding diaryl/α,β-unsaturated/α-hetero) is 1. The van der Waals surface area contributed by atoms with Crippen LogP contribution in [-0.2, 0) is 77.8 Å². The second kappa shape index (κ2) is 39.4. The van der Waals surface area contributed by atoms with Crippen LogP contribution in [0.2, 0.25) is 0 Å². The number of aliphatic hydroxyl groups excluding tert-OH is 4. The van der Waals surface area contributed by atoms with Crippen LogP contribution in [0.4, 0.5) is 5.82 Å². The average molecular weight is 1410 g/mol. The fraction of sp³-hybridized carbons (Fsp3) is 0.685. The van der Waals surface area contributed by atoms with Crippen molar-refractivity contribution in [2.75, 3.05) is 117 Å². The van der Waals surface area contributed by atoms with Gasteiger partial charge < -0.3 is 76.7 Å². The van der Waals surface area contributed by atoms with Gasteiger partial charge >= 0.3 is 33.6 Å². The number of nitrogens with two attached hydrogens (primary N) is 1. The van der Waals surface area contributed by atoms with Crippen LogP contribution in [0.15, 0.2) is 37.2 Å². The van der Waals surface area contributed by atoms with Crippen LogP contribution in [0.3, 0.4) is 0 Å². The number of aromatic nitrogens is 5. The Labute approximate surface area is 546 Å². The van der Waals surface area contributed by atoms with Crippen LogP contribution in [0, 0.1) is 0 Å². The van der Waals surface area contributed by atoms with Crippen molar-refractivity contribution in [3.05, 3.63) is 42.7 Å². The van der Waals surface area contributed by atoms with E-state index < -0.39 is 102 Å². The quantitative estimate of drug-likeness (QED) is 0.0129. The second-order valence-electron chi connectivity index (χ2n) is 22.2. The fourth-order valence-electron chi connectivity index (χ4n) is 10.3. The maximum atomic E-state index is 13.0. The molecule has 14 N–H and O–H groups in total. The van der Waals surface area contributed by atoms with Gasteiger partial charge in [0.1, 0.15) is 48.2 Å². The van der Waals surface area contributed by atoms with Crippen LogP contribution in [0.1, 0.15) is 101 Å². The Morgan fingerprint density at radius 3 is 1.67 bits per heavy atom. The Balaban J connectivity index is 0.00000922. The molecule has 3 fully saturated rings. The van der Waals surface area contributed by atoms with Crippen molar-refractivity contribution in [1.29, 1.82) is 0 Å². The summed E-state index contributed by atoms with van der Waals surface area (Å²) in [5, 5.41) is 80.0. The van der Waals surface area contributed by atoms with E-state index in [4.69, 9.17) is 24.3 Å². The molecule has 93 heavy (non-hydrogen) atoms. The molecule has 3 aromatic heterocycles. The Hall–Kier alpha value is -5.63. The van der Waals surface area contributed by atoms with E-state index in [0.717, 1.165) is 19.3 Å². The summed E-state index contributed by atoms with van der Waals surface area (Å²) in [6.45, 7) is 0.790. The smallest absolute Gasteiger partial charge is 0.480 e. The van der Waals surface area contributed by atoms with Crippen molar-refractivity contribution in [2.24, 2.45) is 5.73 Å². The number of hydrogen-bond acceptors (Lipinski definition) is 26. The molecule has 527 valence electrons. The molecule has 10 atom stereocenters. The minimum Gasteiger partial charge on any atom is -0.480 e. The van der Waals surface area contributed by atoms with Crippen molar-refractivity contribution in [3.8, 4) is 0 Å². The average Bonchev–Trinajstić information content (AvgIpc) is 1.64. The molecule has 3 saturated heterocycles. The van der Waals surface area contributed by atoms with Crippen molar-refractivity contribution < 1.29 is 133 Å². The number of carboxylic acid groups (broad SMARTS) is 3. The predicted molar refractivity (Wildman–Crippen MR) is 321 cm³/mol. The number of carboxylic acids is 3. The predicted octanol–water partition coefficient (Wildman–Crippen LogP) is -1.98. The Morgan fingerprint density at radius 1 is 0.624 bits per heavy atom. The van der Waals surface area contributed by atoms with E-state index in [-0.39, 0.29) is 111 Å². The first kappa shape index (κ1) is 79.8. The third kappa shape index (κ3) is 26.8. The van der Waals surface area contributed by atoms with Gasteiger partial charge in [-0.1, -0.05) is 26.7 Å². The minimum absolute atomic E-state index is 0. The van der Waals surface area contributed by atoms with Gasteiger partial charge in [0, 0.05) is 114 Å². The van der Waals surface area contributed by atoms with Gasteiger partial charge in [0.2, 0.25) is 11.8 Å². The van der Waals surface area contributed by atoms with Crippen molar-refractivity contribution in [2.45, 2.75) is 127 Å². The summed E-state index contributed by atoms with van der Waals surface area (Å²) in [5.41, 5.74) is 5.75. The molecule has 6 rings (SSSR count). The maximum Gasteiger partial charge on any atom is 0.481 e. The number of unbranched alkanes of at least 4 members (excludes halogenated alkanes) is 5. The molecular weight excluding hydrogens is 1320 g/mol. The van der Waals surface area contributed by atoms with E-state index in [1.165, 1.54) is 46.3 Å². The Kier molecular flexibility index (Phi) is 33.8. The van der Waals surface area contributed by atoms with Crippen LogP contribution >= 0.6 is 15.6 Å². The number of imidazole rings is 1. The number of ketones is 1. The van der Waals surface area contributed by atoms with Crippen LogP contribution < -0.4 is 26.3 Å². The van der Waals surface area contributed by atoms with Crippen molar-refractivity contribution in [3.63, 3.8) is 0 Å². The van der Waals surface area contributed by atoms with Crippen molar-refractivity contribution >= 4 is 74.0 Å². The number of nitrogens with zero attached hydrogens (tertiary/aromatic N) is 9. The maximum absolute atomic E-state index is 13.0. The van der Waals surface area contributed by atoms with E-state index in [0.29, 0.717) is 103 Å². The molecule has 0 aromatic carbocycles. The summed E-state index contributed by atoms with van der Waals surface area (Å²) in [5.74, 6) is -3.82. The van der Waals surface area contributed by atoms with E-state index in [1.54, 1.807) is 14.7 Å². The van der Waals surface area contributed by atoms with Crippen LogP contribution in [0.25, 0.3) is 11.2 Å². The third-order valence-electron chi connectivity index (χ3n) is 15.1. The summed E-state index contributed by atoms with van der Waals surface area (Å²) in [6.07, 6.45) is -0.645. The summed E-state index contributed by atoms with van der Waals surface area (Å²) in [6, 6.07) is 2.81. The topological polar surface area (TPSA) is 504 Å². The number of ether oxygens (including phenoxy) is 2. The number of aliphatic carboxylic acids is 3. The summed E-state index contributed by atoms with van der Waals surface area (Å²) in [7, 11) is -10.9. The monoisotopic (exact) mass is 1410 g/mol. The number of fused-ring (bicyclic) bond motifs is 1. The molecule has 0 spiro atoms. The molecule has 3 aromatic rings. The second-order valence-corrected chi connectivity index (χ2v) is 25.2. The fourth-order valence-corrected chi connectivity index (χ4v) is 12.4. The van der Waals surface area contributed by atoms with Gasteiger partial charge in [-0.25, -0.2) is 24.1 Å². The molecule has 3 amide bonds. The number of rotatable bonds is 37.